The average Bonchev–Trinajstić information content (AvgIpc) is 2.89. The summed E-state index contributed by atoms with van der Waals surface area (Å²) in [5.41, 5.74) is 7.29. The fourth-order valence-electron chi connectivity index (χ4n) is 1.86. The molecule has 0 spiro atoms. The second-order valence-corrected chi connectivity index (χ2v) is 5.60. The van der Waals surface area contributed by atoms with Gasteiger partial charge in [0.15, 0.2) is 0 Å². The van der Waals surface area contributed by atoms with Crippen molar-refractivity contribution in [1.29, 1.82) is 0 Å². The van der Waals surface area contributed by atoms with Crippen molar-refractivity contribution in [2.45, 2.75) is 24.9 Å². The molecule has 0 saturated heterocycles. The Labute approximate surface area is 106 Å². The molecule has 16 heavy (non-hydrogen) atoms. The smallest absolute Gasteiger partial charge is 0.0595 e. The van der Waals surface area contributed by atoms with E-state index in [1.165, 1.54) is 5.56 Å². The van der Waals surface area contributed by atoms with Crippen molar-refractivity contribution in [3.8, 4) is 0 Å². The topological polar surface area (TPSA) is 29.3 Å². The standard InChI is InChI=1S/C12H16Cl2N2/c1-16(8-12(15)4-5-12)7-9-2-3-10(13)11(14)6-9/h2-3,6H,4-5,7-8,15H2,1H3. The van der Waals surface area contributed by atoms with Crippen molar-refractivity contribution in [3.63, 3.8) is 0 Å². The lowest BCUT2D eigenvalue weighted by molar-refractivity contribution is 0.296. The van der Waals surface area contributed by atoms with Gasteiger partial charge in [0.25, 0.3) is 0 Å². The number of halogens is 2. The van der Waals surface area contributed by atoms with Crippen LogP contribution in [0, 0.1) is 0 Å². The number of rotatable bonds is 4. The summed E-state index contributed by atoms with van der Waals surface area (Å²) in [6.07, 6.45) is 2.28. The monoisotopic (exact) mass is 258 g/mol. The summed E-state index contributed by atoms with van der Waals surface area (Å²) in [6.45, 7) is 1.79. The van der Waals surface area contributed by atoms with Gasteiger partial charge in [0, 0.05) is 18.6 Å². The lowest BCUT2D eigenvalue weighted by atomic mass is 10.2. The number of nitrogens with zero attached hydrogens (tertiary/aromatic N) is 1. The van der Waals surface area contributed by atoms with Crippen LogP contribution in [0.15, 0.2) is 18.2 Å². The SMILES string of the molecule is CN(Cc1ccc(Cl)c(Cl)c1)CC1(N)CC1. The molecule has 0 heterocycles. The zero-order valence-corrected chi connectivity index (χ0v) is 10.9. The van der Waals surface area contributed by atoms with Crippen LogP contribution in [0.4, 0.5) is 0 Å². The molecule has 4 heteroatoms. The summed E-state index contributed by atoms with van der Waals surface area (Å²) in [4.78, 5) is 2.23. The number of hydrogen-bond acceptors (Lipinski definition) is 2. The van der Waals surface area contributed by atoms with E-state index in [0.717, 1.165) is 25.9 Å². The first-order valence-electron chi connectivity index (χ1n) is 5.40. The molecule has 0 radical (unpaired) electrons. The predicted molar refractivity (Wildman–Crippen MR) is 68.9 cm³/mol. The number of nitrogens with two attached hydrogens (primary N) is 1. The maximum atomic E-state index is 6.07. The molecule has 1 aromatic carbocycles. The summed E-state index contributed by atoms with van der Waals surface area (Å²) in [6, 6.07) is 5.75. The fourth-order valence-corrected chi connectivity index (χ4v) is 2.18. The molecular weight excluding hydrogens is 243 g/mol. The molecule has 0 amide bonds. The second kappa shape index (κ2) is 4.53. The fraction of sp³-hybridized carbons (Fsp3) is 0.500. The van der Waals surface area contributed by atoms with Gasteiger partial charge in [-0.05, 0) is 37.6 Å². The van der Waals surface area contributed by atoms with Gasteiger partial charge >= 0.3 is 0 Å². The molecule has 2 rings (SSSR count). The Hall–Kier alpha value is -0.280. The van der Waals surface area contributed by atoms with E-state index in [0.29, 0.717) is 10.0 Å². The lowest BCUT2D eigenvalue weighted by Crippen LogP contribution is -2.36. The summed E-state index contributed by atoms with van der Waals surface area (Å²) >= 11 is 11.8. The van der Waals surface area contributed by atoms with Gasteiger partial charge in [-0.3, -0.25) is 0 Å². The van der Waals surface area contributed by atoms with Crippen LogP contribution in [0.1, 0.15) is 18.4 Å². The third-order valence-corrected chi connectivity index (χ3v) is 3.65. The van der Waals surface area contributed by atoms with Gasteiger partial charge in [-0.15, -0.1) is 0 Å². The van der Waals surface area contributed by atoms with Gasteiger partial charge in [-0.25, -0.2) is 0 Å². The quantitative estimate of drug-likeness (QED) is 0.900. The highest BCUT2D eigenvalue weighted by Crippen LogP contribution is 2.33. The van der Waals surface area contributed by atoms with Gasteiger partial charge in [-0.1, -0.05) is 29.3 Å². The van der Waals surface area contributed by atoms with E-state index in [9.17, 15) is 0 Å². The van der Waals surface area contributed by atoms with Gasteiger partial charge in [0.05, 0.1) is 10.0 Å². The Kier molecular flexibility index (Phi) is 3.45. The van der Waals surface area contributed by atoms with Crippen LogP contribution in [0.5, 0.6) is 0 Å². The van der Waals surface area contributed by atoms with Crippen molar-refractivity contribution in [2.75, 3.05) is 13.6 Å². The lowest BCUT2D eigenvalue weighted by Gasteiger charge is -2.20. The van der Waals surface area contributed by atoms with E-state index in [1.807, 2.05) is 18.2 Å². The molecule has 0 atom stereocenters. The highest BCUT2D eigenvalue weighted by Gasteiger charge is 2.38. The minimum atomic E-state index is 0.0605. The molecular formula is C12H16Cl2N2. The van der Waals surface area contributed by atoms with E-state index < -0.39 is 0 Å². The molecule has 1 saturated carbocycles. The Morgan fingerprint density at radius 1 is 1.31 bits per heavy atom. The van der Waals surface area contributed by atoms with Crippen LogP contribution >= 0.6 is 23.2 Å². The van der Waals surface area contributed by atoms with Crippen molar-refractivity contribution in [2.24, 2.45) is 5.73 Å². The summed E-state index contributed by atoms with van der Waals surface area (Å²) in [7, 11) is 2.08. The third-order valence-electron chi connectivity index (χ3n) is 2.91. The van der Waals surface area contributed by atoms with E-state index in [-0.39, 0.29) is 5.54 Å². The molecule has 0 bridgehead atoms. The highest BCUT2D eigenvalue weighted by atomic mass is 35.5. The molecule has 0 aromatic heterocycles. The van der Waals surface area contributed by atoms with Gasteiger partial charge < -0.3 is 10.6 Å². The molecule has 88 valence electrons. The Bertz CT molecular complexity index is 389. The molecule has 0 unspecified atom stereocenters. The van der Waals surface area contributed by atoms with Crippen LogP contribution in [0.3, 0.4) is 0 Å². The number of benzene rings is 1. The van der Waals surface area contributed by atoms with Crippen molar-refractivity contribution in [3.05, 3.63) is 33.8 Å². The van der Waals surface area contributed by atoms with E-state index in [4.69, 9.17) is 28.9 Å². The first kappa shape index (κ1) is 12.2. The molecule has 0 aliphatic heterocycles. The first-order valence-corrected chi connectivity index (χ1v) is 6.15. The highest BCUT2D eigenvalue weighted by molar-refractivity contribution is 6.42. The molecule has 2 nitrogen and oxygen atoms in total. The Morgan fingerprint density at radius 2 is 2.00 bits per heavy atom. The van der Waals surface area contributed by atoms with Crippen molar-refractivity contribution in [1.82, 2.24) is 4.90 Å². The third kappa shape index (κ3) is 3.11. The van der Waals surface area contributed by atoms with Crippen molar-refractivity contribution < 1.29 is 0 Å². The molecule has 2 N–H and O–H groups in total. The average molecular weight is 259 g/mol. The van der Waals surface area contributed by atoms with Gasteiger partial charge in [-0.2, -0.15) is 0 Å². The summed E-state index contributed by atoms with van der Waals surface area (Å²) < 4.78 is 0. The maximum absolute atomic E-state index is 6.07. The molecule has 1 fully saturated rings. The minimum absolute atomic E-state index is 0.0605. The van der Waals surface area contributed by atoms with Crippen molar-refractivity contribution >= 4 is 23.2 Å². The normalized spacial score (nSPS) is 17.8. The van der Waals surface area contributed by atoms with Crippen LogP contribution in [0.2, 0.25) is 10.0 Å². The number of hydrogen-bond donors (Lipinski definition) is 1. The van der Waals surface area contributed by atoms with Crippen LogP contribution < -0.4 is 5.73 Å². The largest absolute Gasteiger partial charge is 0.324 e. The zero-order valence-electron chi connectivity index (χ0n) is 9.34. The zero-order chi connectivity index (χ0) is 11.8. The minimum Gasteiger partial charge on any atom is -0.324 e. The van der Waals surface area contributed by atoms with Crippen LogP contribution in [-0.2, 0) is 6.54 Å². The summed E-state index contributed by atoms with van der Waals surface area (Å²) in [5, 5.41) is 1.21. The van der Waals surface area contributed by atoms with E-state index >= 15 is 0 Å². The molecule has 1 aliphatic carbocycles. The maximum Gasteiger partial charge on any atom is 0.0595 e. The van der Waals surface area contributed by atoms with E-state index in [2.05, 4.69) is 11.9 Å². The van der Waals surface area contributed by atoms with Crippen LogP contribution in [-0.4, -0.2) is 24.0 Å². The van der Waals surface area contributed by atoms with E-state index in [1.54, 1.807) is 0 Å². The van der Waals surface area contributed by atoms with Gasteiger partial charge in [0.2, 0.25) is 0 Å². The number of likely N-dealkylation sites (N-methyl/N-ethyl adjacent to an activating group) is 1. The second-order valence-electron chi connectivity index (χ2n) is 4.78. The first-order chi connectivity index (χ1) is 7.48. The Balaban J connectivity index is 1.95. The van der Waals surface area contributed by atoms with Crippen LogP contribution in [0.25, 0.3) is 0 Å². The molecule has 1 aromatic rings. The van der Waals surface area contributed by atoms with Gasteiger partial charge in [0.1, 0.15) is 0 Å². The summed E-state index contributed by atoms with van der Waals surface area (Å²) in [5.74, 6) is 0. The Morgan fingerprint density at radius 3 is 2.56 bits per heavy atom. The molecule has 1 aliphatic rings. The predicted octanol–water partition coefficient (Wildman–Crippen LogP) is 2.92.